The van der Waals surface area contributed by atoms with Crippen LogP contribution in [0.15, 0.2) is 24.3 Å². The summed E-state index contributed by atoms with van der Waals surface area (Å²) in [5, 5.41) is 3.47. The highest BCUT2D eigenvalue weighted by atomic mass is 16.5. The van der Waals surface area contributed by atoms with E-state index in [-0.39, 0.29) is 0 Å². The second-order valence-corrected chi connectivity index (χ2v) is 6.07. The Morgan fingerprint density at radius 2 is 1.95 bits per heavy atom. The number of ether oxygens (including phenoxy) is 1. The number of hydrogen-bond acceptors (Lipinski definition) is 3. The smallest absolute Gasteiger partial charge is 0.0720 e. The molecule has 1 aromatic rings. The molecule has 0 amide bonds. The monoisotopic (exact) mass is 276 g/mol. The summed E-state index contributed by atoms with van der Waals surface area (Å²) in [4.78, 5) is 2.41. The molecule has 1 N–H and O–H groups in total. The average molecular weight is 276 g/mol. The van der Waals surface area contributed by atoms with Gasteiger partial charge in [0.2, 0.25) is 0 Å². The van der Waals surface area contributed by atoms with E-state index in [1.807, 2.05) is 0 Å². The molecular formula is C17H28N2O. The molecule has 0 radical (unpaired) electrons. The first kappa shape index (κ1) is 15.5. The molecule has 0 bridgehead atoms. The quantitative estimate of drug-likeness (QED) is 0.702. The SMILES string of the molecule is CC(C)NCc1ccccc1COCCN(C)C1CC1. The number of likely N-dealkylation sites (N-methyl/N-ethyl adjacent to an activating group) is 1. The van der Waals surface area contributed by atoms with Crippen LogP contribution < -0.4 is 5.32 Å². The minimum Gasteiger partial charge on any atom is -0.375 e. The van der Waals surface area contributed by atoms with Crippen LogP contribution in [0.4, 0.5) is 0 Å². The van der Waals surface area contributed by atoms with Gasteiger partial charge in [0.05, 0.1) is 13.2 Å². The molecule has 2 rings (SSSR count). The minimum absolute atomic E-state index is 0.510. The van der Waals surface area contributed by atoms with Crippen LogP contribution in [0, 0.1) is 0 Å². The standard InChI is InChI=1S/C17H28N2O/c1-14(2)18-12-15-6-4-5-7-16(15)13-20-11-10-19(3)17-8-9-17/h4-7,14,17-18H,8-13H2,1-3H3. The summed E-state index contributed by atoms with van der Waals surface area (Å²) in [7, 11) is 2.20. The Balaban J connectivity index is 1.73. The molecule has 0 saturated heterocycles. The largest absolute Gasteiger partial charge is 0.375 e. The second-order valence-electron chi connectivity index (χ2n) is 6.07. The Bertz CT molecular complexity index is 402. The first-order chi connectivity index (χ1) is 9.66. The number of nitrogens with one attached hydrogen (secondary N) is 1. The molecule has 1 aliphatic rings. The molecule has 1 aliphatic carbocycles. The van der Waals surface area contributed by atoms with Crippen molar-refractivity contribution < 1.29 is 4.74 Å². The first-order valence-electron chi connectivity index (χ1n) is 7.75. The van der Waals surface area contributed by atoms with Crippen molar-refractivity contribution >= 4 is 0 Å². The van der Waals surface area contributed by atoms with E-state index < -0.39 is 0 Å². The summed E-state index contributed by atoms with van der Waals surface area (Å²) in [5.74, 6) is 0. The van der Waals surface area contributed by atoms with Crippen molar-refractivity contribution in [2.45, 2.75) is 51.9 Å². The Hall–Kier alpha value is -0.900. The molecule has 0 aromatic heterocycles. The summed E-state index contributed by atoms with van der Waals surface area (Å²) in [6.07, 6.45) is 2.72. The van der Waals surface area contributed by atoms with E-state index in [0.717, 1.165) is 25.7 Å². The molecule has 0 atom stereocenters. The normalized spacial score (nSPS) is 15.2. The molecule has 0 heterocycles. The molecule has 112 valence electrons. The lowest BCUT2D eigenvalue weighted by Gasteiger charge is -2.16. The molecule has 3 nitrogen and oxygen atoms in total. The Morgan fingerprint density at radius 1 is 1.25 bits per heavy atom. The molecule has 0 unspecified atom stereocenters. The van der Waals surface area contributed by atoms with Crippen LogP contribution in [-0.4, -0.2) is 37.2 Å². The topological polar surface area (TPSA) is 24.5 Å². The maximum atomic E-state index is 5.85. The van der Waals surface area contributed by atoms with Gasteiger partial charge in [-0.1, -0.05) is 38.1 Å². The van der Waals surface area contributed by atoms with Crippen molar-refractivity contribution in [1.82, 2.24) is 10.2 Å². The van der Waals surface area contributed by atoms with Crippen LogP contribution in [0.25, 0.3) is 0 Å². The third-order valence-electron chi connectivity index (χ3n) is 3.84. The third-order valence-corrected chi connectivity index (χ3v) is 3.84. The summed E-state index contributed by atoms with van der Waals surface area (Å²) < 4.78 is 5.85. The summed E-state index contributed by atoms with van der Waals surface area (Å²) >= 11 is 0. The number of hydrogen-bond donors (Lipinski definition) is 1. The lowest BCUT2D eigenvalue weighted by atomic mass is 10.1. The molecule has 3 heteroatoms. The van der Waals surface area contributed by atoms with Gasteiger partial charge in [-0.2, -0.15) is 0 Å². The minimum atomic E-state index is 0.510. The average Bonchev–Trinajstić information content (AvgIpc) is 3.26. The van der Waals surface area contributed by atoms with E-state index in [0.29, 0.717) is 12.6 Å². The second kappa shape index (κ2) is 7.77. The zero-order valence-corrected chi connectivity index (χ0v) is 13.1. The molecule has 1 saturated carbocycles. The predicted octanol–water partition coefficient (Wildman–Crippen LogP) is 2.80. The van der Waals surface area contributed by atoms with Crippen LogP contribution in [0.3, 0.4) is 0 Å². The highest BCUT2D eigenvalue weighted by Gasteiger charge is 2.25. The summed E-state index contributed by atoms with van der Waals surface area (Å²) in [5.41, 5.74) is 2.64. The Labute approximate surface area is 123 Å². The molecular weight excluding hydrogens is 248 g/mol. The zero-order valence-electron chi connectivity index (χ0n) is 13.1. The van der Waals surface area contributed by atoms with Gasteiger partial charge in [-0.3, -0.25) is 0 Å². The fourth-order valence-corrected chi connectivity index (χ4v) is 2.27. The molecule has 0 spiro atoms. The van der Waals surface area contributed by atoms with E-state index in [1.165, 1.54) is 24.0 Å². The van der Waals surface area contributed by atoms with Crippen molar-refractivity contribution in [2.75, 3.05) is 20.2 Å². The van der Waals surface area contributed by atoms with Gasteiger partial charge in [-0.25, -0.2) is 0 Å². The molecule has 1 fully saturated rings. The van der Waals surface area contributed by atoms with Gasteiger partial charge in [0.15, 0.2) is 0 Å². The molecule has 20 heavy (non-hydrogen) atoms. The van der Waals surface area contributed by atoms with Crippen molar-refractivity contribution in [3.63, 3.8) is 0 Å². The van der Waals surface area contributed by atoms with Gasteiger partial charge in [0.1, 0.15) is 0 Å². The highest BCUT2D eigenvalue weighted by Crippen LogP contribution is 2.24. The lowest BCUT2D eigenvalue weighted by Crippen LogP contribution is -2.25. The van der Waals surface area contributed by atoms with Gasteiger partial charge in [0.25, 0.3) is 0 Å². The van der Waals surface area contributed by atoms with E-state index in [2.05, 4.69) is 55.4 Å². The predicted molar refractivity (Wildman–Crippen MR) is 83.7 cm³/mol. The number of benzene rings is 1. The van der Waals surface area contributed by atoms with Crippen LogP contribution in [0.1, 0.15) is 37.8 Å². The van der Waals surface area contributed by atoms with Crippen molar-refractivity contribution in [3.05, 3.63) is 35.4 Å². The molecule has 1 aromatic carbocycles. The van der Waals surface area contributed by atoms with Crippen LogP contribution >= 0.6 is 0 Å². The van der Waals surface area contributed by atoms with E-state index in [4.69, 9.17) is 4.74 Å². The Kier molecular flexibility index (Phi) is 6.02. The summed E-state index contributed by atoms with van der Waals surface area (Å²) in [6, 6.07) is 9.87. The van der Waals surface area contributed by atoms with Crippen LogP contribution in [-0.2, 0) is 17.9 Å². The van der Waals surface area contributed by atoms with Crippen molar-refractivity contribution in [2.24, 2.45) is 0 Å². The fourth-order valence-electron chi connectivity index (χ4n) is 2.27. The van der Waals surface area contributed by atoms with Crippen molar-refractivity contribution in [1.29, 1.82) is 0 Å². The fraction of sp³-hybridized carbons (Fsp3) is 0.647. The Morgan fingerprint density at radius 3 is 2.60 bits per heavy atom. The highest BCUT2D eigenvalue weighted by molar-refractivity contribution is 5.26. The maximum Gasteiger partial charge on any atom is 0.0720 e. The number of rotatable bonds is 9. The zero-order chi connectivity index (χ0) is 14.4. The van der Waals surface area contributed by atoms with Crippen molar-refractivity contribution in [3.8, 4) is 0 Å². The lowest BCUT2D eigenvalue weighted by molar-refractivity contribution is 0.0973. The number of nitrogens with zero attached hydrogens (tertiary/aromatic N) is 1. The van der Waals surface area contributed by atoms with Gasteiger partial charge in [0, 0.05) is 25.2 Å². The van der Waals surface area contributed by atoms with E-state index in [9.17, 15) is 0 Å². The molecule has 0 aliphatic heterocycles. The van der Waals surface area contributed by atoms with Gasteiger partial charge in [-0.05, 0) is 31.0 Å². The van der Waals surface area contributed by atoms with E-state index >= 15 is 0 Å². The van der Waals surface area contributed by atoms with Crippen LogP contribution in [0.2, 0.25) is 0 Å². The van der Waals surface area contributed by atoms with Gasteiger partial charge >= 0.3 is 0 Å². The summed E-state index contributed by atoms with van der Waals surface area (Å²) in [6.45, 7) is 7.84. The first-order valence-corrected chi connectivity index (χ1v) is 7.75. The van der Waals surface area contributed by atoms with Crippen LogP contribution in [0.5, 0.6) is 0 Å². The van der Waals surface area contributed by atoms with Gasteiger partial charge in [-0.15, -0.1) is 0 Å². The van der Waals surface area contributed by atoms with E-state index in [1.54, 1.807) is 0 Å². The third kappa shape index (κ3) is 5.23. The maximum absolute atomic E-state index is 5.85. The van der Waals surface area contributed by atoms with Gasteiger partial charge < -0.3 is 15.0 Å².